The number of hydrogen-bond donors (Lipinski definition) is 2. The number of carbonyl (C=O) groups is 1. The quantitative estimate of drug-likeness (QED) is 0.289. The SMILES string of the molecule is O=C(CSc1nc(Nc2ccccc2)nc(N2CCOCC2)n1)Nc1ccccc1[N+](=O)[O-]. The molecule has 12 heteroatoms. The largest absolute Gasteiger partial charge is 0.378 e. The molecular weight excluding hydrogens is 446 g/mol. The number of amides is 1. The van der Waals surface area contributed by atoms with Crippen molar-refractivity contribution >= 4 is 46.6 Å². The van der Waals surface area contributed by atoms with E-state index in [4.69, 9.17) is 4.74 Å². The fourth-order valence-corrected chi connectivity index (χ4v) is 3.71. The number of benzene rings is 2. The van der Waals surface area contributed by atoms with E-state index in [1.165, 1.54) is 12.1 Å². The van der Waals surface area contributed by atoms with E-state index in [0.29, 0.717) is 43.4 Å². The van der Waals surface area contributed by atoms with Crippen molar-refractivity contribution in [1.29, 1.82) is 0 Å². The van der Waals surface area contributed by atoms with Gasteiger partial charge in [0.05, 0.1) is 23.9 Å². The summed E-state index contributed by atoms with van der Waals surface area (Å²) >= 11 is 1.12. The number of nitrogens with one attached hydrogen (secondary N) is 2. The van der Waals surface area contributed by atoms with Gasteiger partial charge in [-0.05, 0) is 18.2 Å². The highest BCUT2D eigenvalue weighted by Gasteiger charge is 2.19. The molecule has 0 saturated carbocycles. The maximum Gasteiger partial charge on any atom is 0.292 e. The first-order chi connectivity index (χ1) is 16.1. The van der Waals surface area contributed by atoms with Crippen molar-refractivity contribution in [3.8, 4) is 0 Å². The molecule has 1 saturated heterocycles. The van der Waals surface area contributed by atoms with Gasteiger partial charge in [-0.25, -0.2) is 0 Å². The molecule has 11 nitrogen and oxygen atoms in total. The Labute approximate surface area is 193 Å². The van der Waals surface area contributed by atoms with Crippen LogP contribution >= 0.6 is 11.8 Å². The van der Waals surface area contributed by atoms with E-state index in [-0.39, 0.29) is 17.1 Å². The third kappa shape index (κ3) is 6.14. The van der Waals surface area contributed by atoms with E-state index in [0.717, 1.165) is 17.4 Å². The van der Waals surface area contributed by atoms with E-state index in [1.54, 1.807) is 12.1 Å². The van der Waals surface area contributed by atoms with E-state index in [9.17, 15) is 14.9 Å². The number of para-hydroxylation sites is 3. The summed E-state index contributed by atoms with van der Waals surface area (Å²) in [5, 5.41) is 17.3. The smallest absolute Gasteiger partial charge is 0.292 e. The Morgan fingerprint density at radius 3 is 2.55 bits per heavy atom. The van der Waals surface area contributed by atoms with Gasteiger partial charge in [0.1, 0.15) is 5.69 Å². The minimum Gasteiger partial charge on any atom is -0.378 e. The average molecular weight is 468 g/mol. The van der Waals surface area contributed by atoms with Gasteiger partial charge in [-0.1, -0.05) is 42.1 Å². The molecular formula is C21H21N7O4S. The first kappa shape index (κ1) is 22.4. The molecule has 170 valence electrons. The lowest BCUT2D eigenvalue weighted by Crippen LogP contribution is -2.37. The van der Waals surface area contributed by atoms with Gasteiger partial charge >= 0.3 is 0 Å². The van der Waals surface area contributed by atoms with E-state index in [2.05, 4.69) is 25.6 Å². The Bertz CT molecular complexity index is 1130. The lowest BCUT2D eigenvalue weighted by atomic mass is 10.2. The van der Waals surface area contributed by atoms with Gasteiger partial charge in [0.15, 0.2) is 5.16 Å². The second kappa shape index (κ2) is 10.7. The summed E-state index contributed by atoms with van der Waals surface area (Å²) in [6.45, 7) is 2.45. The average Bonchev–Trinajstić information content (AvgIpc) is 2.84. The molecule has 4 rings (SSSR count). The zero-order valence-electron chi connectivity index (χ0n) is 17.5. The van der Waals surface area contributed by atoms with Crippen molar-refractivity contribution in [2.45, 2.75) is 5.16 Å². The Balaban J connectivity index is 1.49. The highest BCUT2D eigenvalue weighted by atomic mass is 32.2. The maximum atomic E-state index is 12.5. The predicted octanol–water partition coefficient (Wildman–Crippen LogP) is 3.09. The minimum absolute atomic E-state index is 0.0244. The normalized spacial score (nSPS) is 13.4. The zero-order valence-corrected chi connectivity index (χ0v) is 18.3. The summed E-state index contributed by atoms with van der Waals surface area (Å²) in [5.41, 5.74) is 0.797. The standard InChI is InChI=1S/C21H21N7O4S/c29-18(23-16-8-4-5-9-17(16)28(30)31)14-33-21-25-19(22-15-6-2-1-3-7-15)24-20(26-21)27-10-12-32-13-11-27/h1-9H,10-14H2,(H,23,29)(H,22,24,25,26). The first-order valence-corrected chi connectivity index (χ1v) is 11.1. The molecule has 0 bridgehead atoms. The Hall–Kier alpha value is -3.77. The number of nitro groups is 1. The van der Waals surface area contributed by atoms with Gasteiger partial charge in [0.2, 0.25) is 17.8 Å². The molecule has 1 aliphatic heterocycles. The van der Waals surface area contributed by atoms with Crippen molar-refractivity contribution in [2.75, 3.05) is 47.6 Å². The van der Waals surface area contributed by atoms with Crippen molar-refractivity contribution in [3.05, 3.63) is 64.7 Å². The molecule has 33 heavy (non-hydrogen) atoms. The molecule has 0 unspecified atom stereocenters. The van der Waals surface area contributed by atoms with Crippen molar-refractivity contribution < 1.29 is 14.5 Å². The van der Waals surface area contributed by atoms with Crippen molar-refractivity contribution in [2.24, 2.45) is 0 Å². The van der Waals surface area contributed by atoms with Crippen LogP contribution in [0.25, 0.3) is 0 Å². The molecule has 2 N–H and O–H groups in total. The number of nitro benzene ring substituents is 1. The minimum atomic E-state index is -0.537. The number of anilines is 4. The fourth-order valence-electron chi connectivity index (χ4n) is 3.08. The van der Waals surface area contributed by atoms with Gasteiger partial charge in [-0.15, -0.1) is 0 Å². The number of thioether (sulfide) groups is 1. The van der Waals surface area contributed by atoms with Crippen LogP contribution < -0.4 is 15.5 Å². The third-order valence-electron chi connectivity index (χ3n) is 4.63. The van der Waals surface area contributed by atoms with Crippen LogP contribution in [-0.2, 0) is 9.53 Å². The number of ether oxygens (including phenoxy) is 1. The van der Waals surface area contributed by atoms with Crippen LogP contribution in [0, 0.1) is 10.1 Å². The lowest BCUT2D eigenvalue weighted by Gasteiger charge is -2.27. The topological polar surface area (TPSA) is 135 Å². The molecule has 1 amide bonds. The van der Waals surface area contributed by atoms with Gasteiger partial charge < -0.3 is 20.3 Å². The summed E-state index contributed by atoms with van der Waals surface area (Å²) < 4.78 is 5.40. The monoisotopic (exact) mass is 467 g/mol. The van der Waals surface area contributed by atoms with Crippen LogP contribution in [0.3, 0.4) is 0 Å². The molecule has 1 aromatic heterocycles. The van der Waals surface area contributed by atoms with Gasteiger partial charge in [0.25, 0.3) is 5.69 Å². The third-order valence-corrected chi connectivity index (χ3v) is 5.48. The van der Waals surface area contributed by atoms with E-state index in [1.807, 2.05) is 35.2 Å². The summed E-state index contributed by atoms with van der Waals surface area (Å²) in [6, 6.07) is 15.5. The first-order valence-electron chi connectivity index (χ1n) is 10.2. The molecule has 2 heterocycles. The van der Waals surface area contributed by atoms with Crippen LogP contribution in [0.2, 0.25) is 0 Å². The summed E-state index contributed by atoms with van der Waals surface area (Å²) in [5.74, 6) is 0.427. The molecule has 0 spiro atoms. The van der Waals surface area contributed by atoms with Gasteiger partial charge in [-0.3, -0.25) is 14.9 Å². The highest BCUT2D eigenvalue weighted by Crippen LogP contribution is 2.25. The van der Waals surface area contributed by atoms with Crippen LogP contribution in [-0.4, -0.2) is 57.8 Å². The second-order valence-electron chi connectivity index (χ2n) is 6.94. The Morgan fingerprint density at radius 1 is 1.06 bits per heavy atom. The number of rotatable bonds is 8. The van der Waals surface area contributed by atoms with Gasteiger partial charge in [0, 0.05) is 24.8 Å². The van der Waals surface area contributed by atoms with Gasteiger partial charge in [-0.2, -0.15) is 15.0 Å². The Morgan fingerprint density at radius 2 is 1.79 bits per heavy atom. The zero-order chi connectivity index (χ0) is 23.0. The molecule has 3 aromatic rings. The number of carbonyl (C=O) groups excluding carboxylic acids is 1. The van der Waals surface area contributed by atoms with Crippen LogP contribution in [0.15, 0.2) is 59.8 Å². The maximum absolute atomic E-state index is 12.5. The number of aromatic nitrogens is 3. The van der Waals surface area contributed by atoms with E-state index >= 15 is 0 Å². The van der Waals surface area contributed by atoms with Crippen molar-refractivity contribution in [1.82, 2.24) is 15.0 Å². The second-order valence-corrected chi connectivity index (χ2v) is 7.89. The highest BCUT2D eigenvalue weighted by molar-refractivity contribution is 7.99. The summed E-state index contributed by atoms with van der Waals surface area (Å²) in [6.07, 6.45) is 0. The van der Waals surface area contributed by atoms with Crippen LogP contribution in [0.4, 0.5) is 29.0 Å². The summed E-state index contributed by atoms with van der Waals surface area (Å²) in [7, 11) is 0. The summed E-state index contributed by atoms with van der Waals surface area (Å²) in [4.78, 5) is 38.5. The van der Waals surface area contributed by atoms with Crippen molar-refractivity contribution in [3.63, 3.8) is 0 Å². The number of nitrogens with zero attached hydrogens (tertiary/aromatic N) is 5. The molecule has 2 aromatic carbocycles. The number of hydrogen-bond acceptors (Lipinski definition) is 10. The predicted molar refractivity (Wildman–Crippen MR) is 125 cm³/mol. The van der Waals surface area contributed by atoms with E-state index < -0.39 is 10.8 Å². The molecule has 0 aliphatic carbocycles. The molecule has 1 fully saturated rings. The fraction of sp³-hybridized carbons (Fsp3) is 0.238. The molecule has 0 atom stereocenters. The molecule has 0 radical (unpaired) electrons. The van der Waals surface area contributed by atoms with Crippen LogP contribution in [0.1, 0.15) is 0 Å². The van der Waals surface area contributed by atoms with Crippen LogP contribution in [0.5, 0.6) is 0 Å². The Kier molecular flexibility index (Phi) is 7.27. The molecule has 1 aliphatic rings. The number of morpholine rings is 1. The lowest BCUT2D eigenvalue weighted by molar-refractivity contribution is -0.383.